The Kier molecular flexibility index (Phi) is 3.22. The van der Waals surface area contributed by atoms with Crippen LogP contribution in [0.25, 0.3) is 0 Å². The van der Waals surface area contributed by atoms with Crippen LogP contribution in [0, 0.1) is 0 Å². The van der Waals surface area contributed by atoms with Crippen LogP contribution >= 0.6 is 0 Å². The highest BCUT2D eigenvalue weighted by molar-refractivity contribution is 5.04. The molecule has 0 bridgehead atoms. The molecule has 1 aromatic heterocycles. The molecule has 1 fully saturated rings. The smallest absolute Gasteiger partial charge is 0.0947 e. The zero-order chi connectivity index (χ0) is 9.80. The van der Waals surface area contributed by atoms with E-state index in [1.165, 1.54) is 18.4 Å². The molecule has 14 heavy (non-hydrogen) atoms. The van der Waals surface area contributed by atoms with Gasteiger partial charge in [-0.3, -0.25) is 0 Å². The molecule has 0 aromatic carbocycles. The minimum Gasteiger partial charge on any atom is -0.472 e. The molecular formula is C11H18N2O. The summed E-state index contributed by atoms with van der Waals surface area (Å²) in [4.78, 5) is 2.43. The Balaban J connectivity index is 1.54. The monoisotopic (exact) mass is 194 g/mol. The largest absolute Gasteiger partial charge is 0.472 e. The van der Waals surface area contributed by atoms with E-state index in [1.54, 1.807) is 12.5 Å². The predicted octanol–water partition coefficient (Wildman–Crippen LogP) is 1.46. The first kappa shape index (κ1) is 9.74. The maximum absolute atomic E-state index is 4.99. The van der Waals surface area contributed by atoms with Crippen molar-refractivity contribution in [1.29, 1.82) is 0 Å². The topological polar surface area (TPSA) is 28.4 Å². The van der Waals surface area contributed by atoms with E-state index in [-0.39, 0.29) is 0 Å². The van der Waals surface area contributed by atoms with Crippen LogP contribution in [0.4, 0.5) is 0 Å². The molecule has 78 valence electrons. The third-order valence-corrected chi connectivity index (χ3v) is 2.72. The summed E-state index contributed by atoms with van der Waals surface area (Å²) < 4.78 is 4.99. The number of nitrogens with one attached hydrogen (secondary N) is 1. The van der Waals surface area contributed by atoms with Gasteiger partial charge in [-0.2, -0.15) is 0 Å². The summed E-state index contributed by atoms with van der Waals surface area (Å²) in [7, 11) is 2.21. The van der Waals surface area contributed by atoms with Gasteiger partial charge in [-0.25, -0.2) is 0 Å². The van der Waals surface area contributed by atoms with Crippen molar-refractivity contribution in [2.24, 2.45) is 0 Å². The summed E-state index contributed by atoms with van der Waals surface area (Å²) in [5, 5.41) is 3.40. The van der Waals surface area contributed by atoms with Crippen LogP contribution in [0.15, 0.2) is 23.0 Å². The highest BCUT2D eigenvalue weighted by Crippen LogP contribution is 2.24. The molecule has 1 aromatic rings. The number of furan rings is 1. The van der Waals surface area contributed by atoms with E-state index in [0.29, 0.717) is 0 Å². The Hall–Kier alpha value is -0.800. The van der Waals surface area contributed by atoms with Crippen molar-refractivity contribution >= 4 is 0 Å². The maximum Gasteiger partial charge on any atom is 0.0947 e. The van der Waals surface area contributed by atoms with E-state index < -0.39 is 0 Å². The Morgan fingerprint density at radius 2 is 2.43 bits per heavy atom. The molecule has 1 N–H and O–H groups in total. The van der Waals surface area contributed by atoms with E-state index in [4.69, 9.17) is 4.42 Å². The molecule has 0 radical (unpaired) electrons. The van der Waals surface area contributed by atoms with Gasteiger partial charge in [-0.15, -0.1) is 0 Å². The normalized spacial score (nSPS) is 16.4. The minimum absolute atomic E-state index is 0.866. The van der Waals surface area contributed by atoms with Crippen molar-refractivity contribution in [3.05, 3.63) is 24.2 Å². The summed E-state index contributed by atoms with van der Waals surface area (Å²) >= 11 is 0. The van der Waals surface area contributed by atoms with E-state index in [0.717, 1.165) is 25.7 Å². The van der Waals surface area contributed by atoms with Gasteiger partial charge in [0.25, 0.3) is 0 Å². The standard InChI is InChI=1S/C11H18N2O/c1-13(11-2-3-11)6-5-12-8-10-4-7-14-9-10/h4,7,9,11-12H,2-3,5-6,8H2,1H3. The molecule has 0 amide bonds. The average Bonchev–Trinajstić information content (AvgIpc) is 2.92. The molecule has 1 aliphatic carbocycles. The van der Waals surface area contributed by atoms with Gasteiger partial charge >= 0.3 is 0 Å². The molecule has 0 saturated heterocycles. The molecule has 0 spiro atoms. The fourth-order valence-corrected chi connectivity index (χ4v) is 1.58. The summed E-state index contributed by atoms with van der Waals surface area (Å²) in [6.45, 7) is 3.11. The van der Waals surface area contributed by atoms with Crippen molar-refractivity contribution < 1.29 is 4.42 Å². The second-order valence-corrected chi connectivity index (χ2v) is 4.02. The second-order valence-electron chi connectivity index (χ2n) is 4.02. The van der Waals surface area contributed by atoms with Crippen LogP contribution < -0.4 is 5.32 Å². The lowest BCUT2D eigenvalue weighted by Crippen LogP contribution is -2.30. The first-order valence-corrected chi connectivity index (χ1v) is 5.28. The molecule has 0 unspecified atom stereocenters. The lowest BCUT2D eigenvalue weighted by Gasteiger charge is -2.15. The Morgan fingerprint density at radius 3 is 3.07 bits per heavy atom. The van der Waals surface area contributed by atoms with Crippen molar-refractivity contribution in [3.8, 4) is 0 Å². The fraction of sp³-hybridized carbons (Fsp3) is 0.636. The molecule has 2 rings (SSSR count). The lowest BCUT2D eigenvalue weighted by atomic mass is 10.3. The quantitative estimate of drug-likeness (QED) is 0.695. The van der Waals surface area contributed by atoms with Gasteiger partial charge in [0.2, 0.25) is 0 Å². The Morgan fingerprint density at radius 1 is 1.57 bits per heavy atom. The van der Waals surface area contributed by atoms with Gasteiger partial charge in [0, 0.05) is 31.2 Å². The predicted molar refractivity (Wildman–Crippen MR) is 56.1 cm³/mol. The summed E-state index contributed by atoms with van der Waals surface area (Å²) in [5.41, 5.74) is 1.22. The van der Waals surface area contributed by atoms with E-state index in [9.17, 15) is 0 Å². The first-order chi connectivity index (χ1) is 6.86. The van der Waals surface area contributed by atoms with Gasteiger partial charge in [-0.05, 0) is 26.0 Å². The Labute approximate surface area is 85.1 Å². The van der Waals surface area contributed by atoms with E-state index >= 15 is 0 Å². The number of likely N-dealkylation sites (N-methyl/N-ethyl adjacent to an activating group) is 1. The van der Waals surface area contributed by atoms with Crippen LogP contribution in [-0.2, 0) is 6.54 Å². The van der Waals surface area contributed by atoms with Crippen LogP contribution in [0.2, 0.25) is 0 Å². The van der Waals surface area contributed by atoms with Gasteiger partial charge in [0.05, 0.1) is 12.5 Å². The number of rotatable bonds is 6. The Bertz CT molecular complexity index is 254. The van der Waals surface area contributed by atoms with E-state index in [2.05, 4.69) is 17.3 Å². The van der Waals surface area contributed by atoms with Gasteiger partial charge < -0.3 is 14.6 Å². The van der Waals surface area contributed by atoms with Crippen molar-refractivity contribution in [3.63, 3.8) is 0 Å². The zero-order valence-corrected chi connectivity index (χ0v) is 8.70. The second kappa shape index (κ2) is 4.62. The van der Waals surface area contributed by atoms with Crippen LogP contribution in [-0.4, -0.2) is 31.1 Å². The molecule has 3 nitrogen and oxygen atoms in total. The maximum atomic E-state index is 4.99. The van der Waals surface area contributed by atoms with Crippen molar-refractivity contribution in [2.75, 3.05) is 20.1 Å². The average molecular weight is 194 g/mol. The zero-order valence-electron chi connectivity index (χ0n) is 8.70. The van der Waals surface area contributed by atoms with Crippen LogP contribution in [0.5, 0.6) is 0 Å². The number of nitrogens with zero attached hydrogens (tertiary/aromatic N) is 1. The van der Waals surface area contributed by atoms with E-state index in [1.807, 2.05) is 6.07 Å². The molecule has 1 saturated carbocycles. The molecular weight excluding hydrogens is 176 g/mol. The van der Waals surface area contributed by atoms with Crippen molar-refractivity contribution in [2.45, 2.75) is 25.4 Å². The highest BCUT2D eigenvalue weighted by Gasteiger charge is 2.25. The SMILES string of the molecule is CN(CCNCc1ccoc1)C1CC1. The molecule has 1 aliphatic rings. The van der Waals surface area contributed by atoms with Gasteiger partial charge in [0.15, 0.2) is 0 Å². The summed E-state index contributed by atoms with van der Waals surface area (Å²) in [5.74, 6) is 0. The summed E-state index contributed by atoms with van der Waals surface area (Å²) in [6, 6.07) is 2.86. The van der Waals surface area contributed by atoms with Crippen LogP contribution in [0.3, 0.4) is 0 Å². The lowest BCUT2D eigenvalue weighted by molar-refractivity contribution is 0.321. The van der Waals surface area contributed by atoms with Crippen LogP contribution in [0.1, 0.15) is 18.4 Å². The summed E-state index contributed by atoms with van der Waals surface area (Å²) in [6.07, 6.45) is 6.28. The van der Waals surface area contributed by atoms with Gasteiger partial charge in [-0.1, -0.05) is 0 Å². The fourth-order valence-electron chi connectivity index (χ4n) is 1.58. The molecule has 1 heterocycles. The van der Waals surface area contributed by atoms with Gasteiger partial charge in [0.1, 0.15) is 0 Å². The minimum atomic E-state index is 0.866. The molecule has 0 atom stereocenters. The first-order valence-electron chi connectivity index (χ1n) is 5.28. The third-order valence-electron chi connectivity index (χ3n) is 2.72. The molecule has 3 heteroatoms. The number of hydrogen-bond donors (Lipinski definition) is 1. The molecule has 0 aliphatic heterocycles. The number of hydrogen-bond acceptors (Lipinski definition) is 3. The highest BCUT2D eigenvalue weighted by atomic mass is 16.3. The van der Waals surface area contributed by atoms with Crippen molar-refractivity contribution in [1.82, 2.24) is 10.2 Å². The third kappa shape index (κ3) is 2.86.